The predicted molar refractivity (Wildman–Crippen MR) is 123 cm³/mol. The van der Waals surface area contributed by atoms with Crippen molar-refractivity contribution < 1.29 is 27.1 Å². The number of ether oxygens (including phenoxy) is 1. The van der Waals surface area contributed by atoms with Crippen molar-refractivity contribution in [2.24, 2.45) is 4.99 Å². The van der Waals surface area contributed by atoms with Crippen LogP contribution in [0.1, 0.15) is 29.7 Å². The molecule has 182 valence electrons. The van der Waals surface area contributed by atoms with E-state index in [9.17, 15) is 22.4 Å². The van der Waals surface area contributed by atoms with Crippen LogP contribution in [0.3, 0.4) is 0 Å². The highest BCUT2D eigenvalue weighted by Crippen LogP contribution is 2.30. The maximum Gasteiger partial charge on any atom is 0.416 e. The number of halogens is 4. The Labute approximate surface area is 195 Å². The lowest BCUT2D eigenvalue weighted by molar-refractivity contribution is -0.137. The highest BCUT2D eigenvalue weighted by Gasteiger charge is 2.30. The van der Waals surface area contributed by atoms with Crippen molar-refractivity contribution in [1.82, 2.24) is 10.6 Å². The summed E-state index contributed by atoms with van der Waals surface area (Å²) in [6.45, 7) is 0.467. The van der Waals surface area contributed by atoms with E-state index < -0.39 is 30.2 Å². The molecule has 0 aliphatic heterocycles. The van der Waals surface area contributed by atoms with Gasteiger partial charge in [0.25, 0.3) is 0 Å². The number of hydrogen-bond acceptors (Lipinski definition) is 5. The SMILES string of the molecule is CN/C(Cc1cccc(OC)c1)=N\C(NC(C)c1ccc(C(F)(F)F)cc1)=C(/C=O)C(=N)CF. The van der Waals surface area contributed by atoms with Gasteiger partial charge in [0.15, 0.2) is 6.29 Å². The van der Waals surface area contributed by atoms with E-state index in [1.165, 1.54) is 12.1 Å². The van der Waals surface area contributed by atoms with Crippen LogP contribution in [0.5, 0.6) is 5.75 Å². The van der Waals surface area contributed by atoms with E-state index in [1.54, 1.807) is 39.3 Å². The average Bonchev–Trinajstić information content (AvgIpc) is 2.83. The molecule has 0 bridgehead atoms. The van der Waals surface area contributed by atoms with E-state index in [1.807, 2.05) is 6.07 Å². The smallest absolute Gasteiger partial charge is 0.416 e. The molecular weight excluding hydrogens is 452 g/mol. The molecule has 0 aliphatic rings. The number of carbonyl (C=O) groups is 1. The number of aldehydes is 1. The largest absolute Gasteiger partial charge is 0.497 e. The maximum absolute atomic E-state index is 13.2. The van der Waals surface area contributed by atoms with Crippen LogP contribution >= 0.6 is 0 Å². The number of benzene rings is 2. The summed E-state index contributed by atoms with van der Waals surface area (Å²) in [5, 5.41) is 13.7. The van der Waals surface area contributed by atoms with Crippen molar-refractivity contribution in [3.63, 3.8) is 0 Å². The van der Waals surface area contributed by atoms with Gasteiger partial charge in [-0.05, 0) is 42.3 Å². The zero-order valence-corrected chi connectivity index (χ0v) is 19.0. The number of allylic oxidation sites excluding steroid dienone is 1. The van der Waals surface area contributed by atoms with Crippen LogP contribution in [-0.2, 0) is 17.4 Å². The van der Waals surface area contributed by atoms with Crippen LogP contribution in [0.4, 0.5) is 17.6 Å². The van der Waals surface area contributed by atoms with Crippen LogP contribution < -0.4 is 15.4 Å². The number of methoxy groups -OCH3 is 1. The first-order valence-electron chi connectivity index (χ1n) is 10.3. The Balaban J connectivity index is 2.41. The third kappa shape index (κ3) is 7.16. The summed E-state index contributed by atoms with van der Waals surface area (Å²) < 4.78 is 57.0. The normalized spacial score (nSPS) is 13.6. The van der Waals surface area contributed by atoms with Gasteiger partial charge in [-0.2, -0.15) is 13.2 Å². The number of carbonyl (C=O) groups excluding carboxylic acids is 1. The van der Waals surface area contributed by atoms with Crippen molar-refractivity contribution in [1.29, 1.82) is 5.41 Å². The summed E-state index contributed by atoms with van der Waals surface area (Å²) >= 11 is 0. The van der Waals surface area contributed by atoms with Gasteiger partial charge in [0, 0.05) is 19.5 Å². The lowest BCUT2D eigenvalue weighted by Gasteiger charge is -2.19. The van der Waals surface area contributed by atoms with Crippen LogP contribution in [0, 0.1) is 5.41 Å². The maximum atomic E-state index is 13.2. The first-order chi connectivity index (χ1) is 16.1. The number of amidine groups is 1. The molecule has 1 unspecified atom stereocenters. The van der Waals surface area contributed by atoms with E-state index in [2.05, 4.69) is 15.6 Å². The molecule has 0 saturated heterocycles. The van der Waals surface area contributed by atoms with Gasteiger partial charge in [-0.15, -0.1) is 0 Å². The summed E-state index contributed by atoms with van der Waals surface area (Å²) in [6.07, 6.45) is -3.83. The molecule has 2 aromatic carbocycles. The van der Waals surface area contributed by atoms with Crippen molar-refractivity contribution >= 4 is 17.8 Å². The van der Waals surface area contributed by atoms with Crippen molar-refractivity contribution in [3.05, 3.63) is 76.6 Å². The molecule has 0 fully saturated rings. The van der Waals surface area contributed by atoms with Crippen LogP contribution in [-0.4, -0.2) is 38.7 Å². The fourth-order valence-corrected chi connectivity index (χ4v) is 3.06. The number of nitrogens with zero attached hydrogens (tertiary/aromatic N) is 1. The van der Waals surface area contributed by atoms with E-state index in [4.69, 9.17) is 10.1 Å². The standard InChI is InChI=1S/C24H26F4N4O2/c1-15(17-7-9-18(10-8-17)24(26,27)28)31-23(20(14-33)21(29)13-25)32-22(30-2)12-16-5-4-6-19(11-16)34-3/h4-11,14-15,29,31H,12-13H2,1-3H3,(H,30,32)/b23-20+,29-21?. The van der Waals surface area contributed by atoms with E-state index in [-0.39, 0.29) is 11.4 Å². The molecule has 0 spiro atoms. The van der Waals surface area contributed by atoms with Gasteiger partial charge in [-0.1, -0.05) is 24.3 Å². The summed E-state index contributed by atoms with van der Waals surface area (Å²) in [7, 11) is 3.16. The molecule has 1 atom stereocenters. The first kappa shape index (κ1) is 26.6. The number of nitrogens with one attached hydrogen (secondary N) is 3. The van der Waals surface area contributed by atoms with Crippen LogP contribution in [0.2, 0.25) is 0 Å². The summed E-state index contributed by atoms with van der Waals surface area (Å²) in [4.78, 5) is 16.1. The molecular formula is C24H26F4N4O2. The Morgan fingerprint density at radius 1 is 1.21 bits per heavy atom. The molecule has 10 heteroatoms. The Morgan fingerprint density at radius 3 is 2.41 bits per heavy atom. The number of aliphatic imine (C=N–C) groups is 1. The number of hydrogen-bond donors (Lipinski definition) is 3. The molecule has 6 nitrogen and oxygen atoms in total. The van der Waals surface area contributed by atoms with Crippen molar-refractivity contribution in [3.8, 4) is 5.75 Å². The molecule has 0 saturated carbocycles. The minimum Gasteiger partial charge on any atom is -0.497 e. The average molecular weight is 478 g/mol. The molecule has 34 heavy (non-hydrogen) atoms. The van der Waals surface area contributed by atoms with Gasteiger partial charge in [0.05, 0.1) is 24.0 Å². The lowest BCUT2D eigenvalue weighted by atomic mass is 10.1. The fourth-order valence-electron chi connectivity index (χ4n) is 3.06. The third-order valence-corrected chi connectivity index (χ3v) is 4.96. The van der Waals surface area contributed by atoms with Gasteiger partial charge < -0.3 is 20.8 Å². The van der Waals surface area contributed by atoms with Crippen LogP contribution in [0.15, 0.2) is 64.9 Å². The van der Waals surface area contributed by atoms with E-state index in [0.717, 1.165) is 17.7 Å². The topological polar surface area (TPSA) is 86.6 Å². The van der Waals surface area contributed by atoms with Crippen molar-refractivity contribution in [2.75, 3.05) is 20.8 Å². The molecule has 3 N–H and O–H groups in total. The molecule has 2 rings (SSSR count). The highest BCUT2D eigenvalue weighted by atomic mass is 19.4. The fraction of sp³-hybridized carbons (Fsp3) is 0.292. The molecule has 0 heterocycles. The van der Waals surface area contributed by atoms with Gasteiger partial charge in [0.2, 0.25) is 0 Å². The second-order valence-corrected chi connectivity index (χ2v) is 7.31. The molecule has 0 aromatic heterocycles. The zero-order valence-electron chi connectivity index (χ0n) is 19.0. The van der Waals surface area contributed by atoms with Crippen LogP contribution in [0.25, 0.3) is 0 Å². The summed E-state index contributed by atoms with van der Waals surface area (Å²) in [5.41, 5.74) is -0.328. The first-order valence-corrected chi connectivity index (χ1v) is 10.3. The van der Waals surface area contributed by atoms with Gasteiger partial charge >= 0.3 is 6.18 Å². The Kier molecular flexibility index (Phi) is 9.35. The Bertz CT molecular complexity index is 1060. The number of rotatable bonds is 10. The molecule has 0 amide bonds. The minimum atomic E-state index is -4.47. The second-order valence-electron chi connectivity index (χ2n) is 7.31. The predicted octanol–water partition coefficient (Wildman–Crippen LogP) is 4.62. The quantitative estimate of drug-likeness (QED) is 0.153. The third-order valence-electron chi connectivity index (χ3n) is 4.96. The van der Waals surface area contributed by atoms with Gasteiger partial charge in [0.1, 0.15) is 24.1 Å². The molecule has 0 radical (unpaired) electrons. The highest BCUT2D eigenvalue weighted by molar-refractivity contribution is 6.14. The lowest BCUT2D eigenvalue weighted by Crippen LogP contribution is -2.27. The van der Waals surface area contributed by atoms with E-state index >= 15 is 0 Å². The summed E-state index contributed by atoms with van der Waals surface area (Å²) in [5.74, 6) is 0.976. The monoisotopic (exact) mass is 478 g/mol. The Morgan fingerprint density at radius 2 is 1.88 bits per heavy atom. The molecule has 2 aromatic rings. The summed E-state index contributed by atoms with van der Waals surface area (Å²) in [6, 6.07) is 11.2. The number of likely N-dealkylation sites (N-methyl/N-ethyl adjacent to an activating group) is 1. The Hall–Kier alpha value is -3.69. The molecule has 0 aliphatic carbocycles. The van der Waals surface area contributed by atoms with Crippen molar-refractivity contribution in [2.45, 2.75) is 25.6 Å². The van der Waals surface area contributed by atoms with Gasteiger partial charge in [-0.25, -0.2) is 9.38 Å². The van der Waals surface area contributed by atoms with E-state index in [0.29, 0.717) is 29.9 Å². The zero-order chi connectivity index (χ0) is 25.3. The number of alkyl halides is 4. The second kappa shape index (κ2) is 12.0. The van der Waals surface area contributed by atoms with Gasteiger partial charge in [-0.3, -0.25) is 4.79 Å². The minimum absolute atomic E-state index is 0.0719.